The van der Waals surface area contributed by atoms with E-state index in [1.165, 1.54) is 0 Å². The average molecular weight is 260 g/mol. The zero-order valence-corrected chi connectivity index (χ0v) is 10.8. The van der Waals surface area contributed by atoms with E-state index in [1.807, 2.05) is 6.07 Å². The van der Waals surface area contributed by atoms with Crippen molar-refractivity contribution in [2.45, 2.75) is 12.5 Å². The summed E-state index contributed by atoms with van der Waals surface area (Å²) >= 11 is 0. The van der Waals surface area contributed by atoms with Crippen LogP contribution in [0.15, 0.2) is 24.3 Å². The summed E-state index contributed by atoms with van der Waals surface area (Å²) in [6.45, 7) is 1.30. The second-order valence-electron chi connectivity index (χ2n) is 4.45. The summed E-state index contributed by atoms with van der Waals surface area (Å²) in [6.07, 6.45) is 0.874. The smallest absolute Gasteiger partial charge is 0.260 e. The van der Waals surface area contributed by atoms with Crippen molar-refractivity contribution in [3.05, 3.63) is 29.8 Å². The summed E-state index contributed by atoms with van der Waals surface area (Å²) in [5.74, 6) is 0.517. The second kappa shape index (κ2) is 6.21. The van der Waals surface area contributed by atoms with Gasteiger partial charge in [0.25, 0.3) is 5.91 Å². The minimum atomic E-state index is -0.0696. The third-order valence-corrected chi connectivity index (χ3v) is 3.19. The molecule has 0 aromatic heterocycles. The summed E-state index contributed by atoms with van der Waals surface area (Å²) in [4.78, 5) is 13.6. The minimum Gasteiger partial charge on any atom is -0.484 e. The number of rotatable bonds is 4. The van der Waals surface area contributed by atoms with Crippen LogP contribution in [0.3, 0.4) is 0 Å². The first kappa shape index (κ1) is 13.4. The number of carbonyl (C=O) groups is 1. The van der Waals surface area contributed by atoms with Crippen molar-refractivity contribution in [1.82, 2.24) is 4.90 Å². The third kappa shape index (κ3) is 3.46. The zero-order chi connectivity index (χ0) is 13.7. The normalized spacial score (nSPS) is 17.8. The summed E-state index contributed by atoms with van der Waals surface area (Å²) in [7, 11) is 1.77. The van der Waals surface area contributed by atoms with Gasteiger partial charge in [0.15, 0.2) is 6.61 Å². The largest absolute Gasteiger partial charge is 0.484 e. The SMILES string of the molecule is CN(C(=O)COc1ccc(C#N)cc1)C1CCOC1. The Morgan fingerprint density at radius 2 is 2.26 bits per heavy atom. The van der Waals surface area contributed by atoms with E-state index in [4.69, 9.17) is 14.7 Å². The fourth-order valence-corrected chi connectivity index (χ4v) is 1.90. The van der Waals surface area contributed by atoms with Gasteiger partial charge in [-0.25, -0.2) is 0 Å². The lowest BCUT2D eigenvalue weighted by Crippen LogP contribution is -2.40. The molecule has 5 nitrogen and oxygen atoms in total. The standard InChI is InChI=1S/C14H16N2O3/c1-16(12-6-7-18-9-12)14(17)10-19-13-4-2-11(8-15)3-5-13/h2-5,12H,6-7,9-10H2,1H3. The molecule has 5 heteroatoms. The Kier molecular flexibility index (Phi) is 4.37. The van der Waals surface area contributed by atoms with Crippen LogP contribution in [-0.2, 0) is 9.53 Å². The molecule has 1 aliphatic rings. The van der Waals surface area contributed by atoms with Crippen molar-refractivity contribution in [2.24, 2.45) is 0 Å². The first-order chi connectivity index (χ1) is 9.20. The Morgan fingerprint density at radius 1 is 1.53 bits per heavy atom. The maximum Gasteiger partial charge on any atom is 0.260 e. The Labute approximate surface area is 112 Å². The molecule has 1 aromatic rings. The molecule has 1 saturated heterocycles. The topological polar surface area (TPSA) is 62.6 Å². The Bertz CT molecular complexity index is 472. The number of ether oxygens (including phenoxy) is 2. The minimum absolute atomic E-state index is 0.00109. The van der Waals surface area contributed by atoms with E-state index >= 15 is 0 Å². The molecule has 0 bridgehead atoms. The van der Waals surface area contributed by atoms with Gasteiger partial charge in [-0.2, -0.15) is 5.26 Å². The van der Waals surface area contributed by atoms with Gasteiger partial charge in [-0.1, -0.05) is 0 Å². The summed E-state index contributed by atoms with van der Waals surface area (Å²) < 4.78 is 10.7. The van der Waals surface area contributed by atoms with Gasteiger partial charge in [-0.05, 0) is 30.7 Å². The van der Waals surface area contributed by atoms with E-state index in [9.17, 15) is 4.79 Å². The highest BCUT2D eigenvalue weighted by Gasteiger charge is 2.24. The van der Waals surface area contributed by atoms with E-state index in [0.717, 1.165) is 6.42 Å². The number of nitrogens with zero attached hydrogens (tertiary/aromatic N) is 2. The molecule has 1 fully saturated rings. The number of benzene rings is 1. The summed E-state index contributed by atoms with van der Waals surface area (Å²) in [5, 5.41) is 8.68. The molecule has 0 radical (unpaired) electrons. The predicted octanol–water partition coefficient (Wildman–Crippen LogP) is 1.18. The molecule has 1 amide bonds. The summed E-state index contributed by atoms with van der Waals surface area (Å²) in [5.41, 5.74) is 0.568. The van der Waals surface area contributed by atoms with Crippen LogP contribution in [0.1, 0.15) is 12.0 Å². The molecule has 1 atom stereocenters. The molecule has 19 heavy (non-hydrogen) atoms. The molecule has 0 aliphatic carbocycles. The highest BCUT2D eigenvalue weighted by Crippen LogP contribution is 2.13. The number of amides is 1. The third-order valence-electron chi connectivity index (χ3n) is 3.19. The van der Waals surface area contributed by atoms with Crippen molar-refractivity contribution < 1.29 is 14.3 Å². The zero-order valence-electron chi connectivity index (χ0n) is 10.8. The van der Waals surface area contributed by atoms with Crippen molar-refractivity contribution >= 4 is 5.91 Å². The van der Waals surface area contributed by atoms with Gasteiger partial charge >= 0.3 is 0 Å². The van der Waals surface area contributed by atoms with Gasteiger partial charge in [0, 0.05) is 13.7 Å². The van der Waals surface area contributed by atoms with Gasteiger partial charge in [0.2, 0.25) is 0 Å². The van der Waals surface area contributed by atoms with Crippen LogP contribution in [-0.4, -0.2) is 43.7 Å². The lowest BCUT2D eigenvalue weighted by Gasteiger charge is -2.23. The maximum atomic E-state index is 11.9. The highest BCUT2D eigenvalue weighted by molar-refractivity contribution is 5.77. The maximum absolute atomic E-state index is 11.9. The van der Waals surface area contributed by atoms with Crippen LogP contribution in [0.5, 0.6) is 5.75 Å². The van der Waals surface area contributed by atoms with Crippen molar-refractivity contribution in [3.8, 4) is 11.8 Å². The number of hydrogen-bond acceptors (Lipinski definition) is 4. The van der Waals surface area contributed by atoms with Crippen LogP contribution in [0.25, 0.3) is 0 Å². The van der Waals surface area contributed by atoms with E-state index < -0.39 is 0 Å². The molecular weight excluding hydrogens is 244 g/mol. The fraction of sp³-hybridized carbons (Fsp3) is 0.429. The van der Waals surface area contributed by atoms with Crippen molar-refractivity contribution in [1.29, 1.82) is 5.26 Å². The molecule has 1 aromatic carbocycles. The van der Waals surface area contributed by atoms with E-state index in [2.05, 4.69) is 0 Å². The number of carbonyl (C=O) groups excluding carboxylic acids is 1. The molecule has 1 aliphatic heterocycles. The van der Waals surface area contributed by atoms with Gasteiger partial charge in [0.1, 0.15) is 5.75 Å². The molecule has 1 unspecified atom stereocenters. The second-order valence-corrected chi connectivity index (χ2v) is 4.45. The average Bonchev–Trinajstić information content (AvgIpc) is 2.98. The Morgan fingerprint density at radius 3 is 2.84 bits per heavy atom. The lowest BCUT2D eigenvalue weighted by molar-refractivity contribution is -0.134. The van der Waals surface area contributed by atoms with Crippen LogP contribution < -0.4 is 4.74 Å². The van der Waals surface area contributed by atoms with Crippen LogP contribution in [0.2, 0.25) is 0 Å². The van der Waals surface area contributed by atoms with Crippen molar-refractivity contribution in [3.63, 3.8) is 0 Å². The molecule has 1 heterocycles. The number of likely N-dealkylation sites (N-methyl/N-ethyl adjacent to an activating group) is 1. The first-order valence-corrected chi connectivity index (χ1v) is 6.17. The number of nitriles is 1. The summed E-state index contributed by atoms with van der Waals surface area (Å²) in [6, 6.07) is 8.87. The van der Waals surface area contributed by atoms with E-state index in [-0.39, 0.29) is 18.6 Å². The quantitative estimate of drug-likeness (QED) is 0.815. The van der Waals surface area contributed by atoms with Crippen LogP contribution >= 0.6 is 0 Å². The van der Waals surface area contributed by atoms with Gasteiger partial charge in [0.05, 0.1) is 24.3 Å². The van der Waals surface area contributed by atoms with E-state index in [0.29, 0.717) is 24.5 Å². The van der Waals surface area contributed by atoms with E-state index in [1.54, 1.807) is 36.2 Å². The molecule has 0 N–H and O–H groups in total. The molecular formula is C14H16N2O3. The van der Waals surface area contributed by atoms with Crippen molar-refractivity contribution in [2.75, 3.05) is 26.9 Å². The van der Waals surface area contributed by atoms with Crippen LogP contribution in [0, 0.1) is 11.3 Å². The highest BCUT2D eigenvalue weighted by atomic mass is 16.5. The monoisotopic (exact) mass is 260 g/mol. The Hall–Kier alpha value is -2.06. The molecule has 0 spiro atoms. The van der Waals surface area contributed by atoms with Gasteiger partial charge < -0.3 is 14.4 Å². The Balaban J connectivity index is 1.83. The van der Waals surface area contributed by atoms with Crippen LogP contribution in [0.4, 0.5) is 0 Å². The predicted molar refractivity (Wildman–Crippen MR) is 68.6 cm³/mol. The van der Waals surface area contributed by atoms with Gasteiger partial charge in [-0.3, -0.25) is 4.79 Å². The van der Waals surface area contributed by atoms with Gasteiger partial charge in [-0.15, -0.1) is 0 Å². The molecule has 0 saturated carbocycles. The lowest BCUT2D eigenvalue weighted by atomic mass is 10.2. The first-order valence-electron chi connectivity index (χ1n) is 6.17. The fourth-order valence-electron chi connectivity index (χ4n) is 1.90. The number of hydrogen-bond donors (Lipinski definition) is 0. The molecule has 100 valence electrons. The molecule has 2 rings (SSSR count).